The molecule has 0 amide bonds. The molecule has 1 aromatic rings. The highest BCUT2D eigenvalue weighted by Gasteiger charge is 2.26. The minimum atomic E-state index is -3.50. The van der Waals surface area contributed by atoms with E-state index in [2.05, 4.69) is 15.0 Å². The van der Waals surface area contributed by atoms with Crippen molar-refractivity contribution in [1.82, 2.24) is 9.71 Å². The number of hydrogen-bond donors (Lipinski definition) is 2. The Balaban J connectivity index is 2.04. The third-order valence-electron chi connectivity index (χ3n) is 3.47. The van der Waals surface area contributed by atoms with Gasteiger partial charge in [0.15, 0.2) is 0 Å². The molecule has 1 saturated heterocycles. The minimum absolute atomic E-state index is 0.104. The summed E-state index contributed by atoms with van der Waals surface area (Å²) in [6.07, 6.45) is 2.49. The molecular weight excluding hydrogens is 278 g/mol. The predicted octanol–water partition coefficient (Wildman–Crippen LogP) is 1.22. The SMILES string of the molecule is CCNc1cc(S(=O)(=O)NCC2CCOC2C)ccn1. The summed E-state index contributed by atoms with van der Waals surface area (Å²) in [5.74, 6) is 0.799. The lowest BCUT2D eigenvalue weighted by Crippen LogP contribution is -2.32. The van der Waals surface area contributed by atoms with E-state index in [0.29, 0.717) is 25.5 Å². The van der Waals surface area contributed by atoms with E-state index >= 15 is 0 Å². The van der Waals surface area contributed by atoms with Gasteiger partial charge in [0.05, 0.1) is 11.0 Å². The molecule has 0 aliphatic carbocycles. The Morgan fingerprint density at radius 1 is 1.50 bits per heavy atom. The molecule has 0 radical (unpaired) electrons. The molecule has 0 aromatic carbocycles. The molecule has 2 heterocycles. The molecule has 0 spiro atoms. The van der Waals surface area contributed by atoms with Gasteiger partial charge in [-0.05, 0) is 26.3 Å². The zero-order valence-corrected chi connectivity index (χ0v) is 12.6. The molecule has 2 N–H and O–H groups in total. The van der Waals surface area contributed by atoms with Crippen molar-refractivity contribution >= 4 is 15.8 Å². The highest BCUT2D eigenvalue weighted by Crippen LogP contribution is 2.20. The number of nitrogens with one attached hydrogen (secondary N) is 2. The summed E-state index contributed by atoms with van der Waals surface area (Å²) in [4.78, 5) is 4.30. The molecule has 112 valence electrons. The average Bonchev–Trinajstić information content (AvgIpc) is 2.83. The normalized spacial score (nSPS) is 22.9. The highest BCUT2D eigenvalue weighted by atomic mass is 32.2. The third-order valence-corrected chi connectivity index (χ3v) is 4.89. The second-order valence-corrected chi connectivity index (χ2v) is 6.65. The first-order chi connectivity index (χ1) is 9.53. The van der Waals surface area contributed by atoms with Crippen molar-refractivity contribution in [3.63, 3.8) is 0 Å². The van der Waals surface area contributed by atoms with Crippen LogP contribution < -0.4 is 10.0 Å². The molecule has 2 unspecified atom stereocenters. The average molecular weight is 299 g/mol. The zero-order valence-electron chi connectivity index (χ0n) is 11.8. The Morgan fingerprint density at radius 2 is 2.30 bits per heavy atom. The Kier molecular flexibility index (Phi) is 4.95. The molecule has 20 heavy (non-hydrogen) atoms. The van der Waals surface area contributed by atoms with Crippen LogP contribution in [0, 0.1) is 5.92 Å². The molecule has 2 atom stereocenters. The smallest absolute Gasteiger partial charge is 0.240 e. The second kappa shape index (κ2) is 6.51. The molecule has 6 nitrogen and oxygen atoms in total. The Bertz CT molecular complexity index is 548. The Morgan fingerprint density at radius 3 is 2.95 bits per heavy atom. The van der Waals surface area contributed by atoms with Crippen LogP contribution in [-0.4, -0.2) is 39.2 Å². The molecule has 1 aliphatic heterocycles. The number of sulfonamides is 1. The number of hydrogen-bond acceptors (Lipinski definition) is 5. The van der Waals surface area contributed by atoms with E-state index < -0.39 is 10.0 Å². The first kappa shape index (κ1) is 15.2. The number of aromatic nitrogens is 1. The molecule has 1 fully saturated rings. The van der Waals surface area contributed by atoms with Gasteiger partial charge in [0.1, 0.15) is 5.82 Å². The summed E-state index contributed by atoms with van der Waals surface area (Å²) >= 11 is 0. The van der Waals surface area contributed by atoms with Gasteiger partial charge in [-0.3, -0.25) is 0 Å². The quantitative estimate of drug-likeness (QED) is 0.825. The van der Waals surface area contributed by atoms with Gasteiger partial charge in [0.2, 0.25) is 10.0 Å². The maximum Gasteiger partial charge on any atom is 0.240 e. The lowest BCUT2D eigenvalue weighted by molar-refractivity contribution is 0.107. The van der Waals surface area contributed by atoms with Crippen molar-refractivity contribution in [2.45, 2.75) is 31.3 Å². The van der Waals surface area contributed by atoms with E-state index in [1.807, 2.05) is 13.8 Å². The number of rotatable bonds is 6. The molecule has 7 heteroatoms. The zero-order chi connectivity index (χ0) is 14.6. The van der Waals surface area contributed by atoms with E-state index in [1.165, 1.54) is 12.3 Å². The Hall–Kier alpha value is -1.18. The first-order valence-corrected chi connectivity index (χ1v) is 8.32. The van der Waals surface area contributed by atoms with Gasteiger partial charge in [0.25, 0.3) is 0 Å². The van der Waals surface area contributed by atoms with Gasteiger partial charge in [-0.1, -0.05) is 0 Å². The number of pyridine rings is 1. The standard InChI is InChI=1S/C13H21N3O3S/c1-3-14-13-8-12(4-6-15-13)20(17,18)16-9-11-5-7-19-10(11)2/h4,6,8,10-11,16H,3,5,7,9H2,1-2H3,(H,14,15). The molecule has 0 saturated carbocycles. The van der Waals surface area contributed by atoms with Crippen molar-refractivity contribution in [1.29, 1.82) is 0 Å². The van der Waals surface area contributed by atoms with E-state index in [4.69, 9.17) is 4.74 Å². The van der Waals surface area contributed by atoms with Gasteiger partial charge in [-0.2, -0.15) is 0 Å². The molecular formula is C13H21N3O3S. The Labute approximate surface area is 120 Å². The van der Waals surface area contributed by atoms with Crippen LogP contribution in [0.1, 0.15) is 20.3 Å². The topological polar surface area (TPSA) is 80.3 Å². The molecule has 1 aromatic heterocycles. The summed E-state index contributed by atoms with van der Waals surface area (Å²) in [5.41, 5.74) is 0. The van der Waals surface area contributed by atoms with Gasteiger partial charge in [0, 0.05) is 37.9 Å². The van der Waals surface area contributed by atoms with Crippen molar-refractivity contribution < 1.29 is 13.2 Å². The fraction of sp³-hybridized carbons (Fsp3) is 0.615. The number of ether oxygens (including phenoxy) is 1. The van der Waals surface area contributed by atoms with Gasteiger partial charge in [-0.25, -0.2) is 18.1 Å². The van der Waals surface area contributed by atoms with Crippen LogP contribution in [0.2, 0.25) is 0 Å². The second-order valence-electron chi connectivity index (χ2n) is 4.88. The summed E-state index contributed by atoms with van der Waals surface area (Å²) in [6.45, 7) is 5.71. The summed E-state index contributed by atoms with van der Waals surface area (Å²) in [5, 5.41) is 3.00. The minimum Gasteiger partial charge on any atom is -0.378 e. The lowest BCUT2D eigenvalue weighted by Gasteiger charge is -2.15. The van der Waals surface area contributed by atoms with E-state index in [-0.39, 0.29) is 16.9 Å². The molecule has 2 rings (SSSR count). The lowest BCUT2D eigenvalue weighted by atomic mass is 10.0. The fourth-order valence-corrected chi connectivity index (χ4v) is 3.31. The van der Waals surface area contributed by atoms with E-state index in [9.17, 15) is 8.42 Å². The van der Waals surface area contributed by atoms with Crippen molar-refractivity contribution in [2.24, 2.45) is 5.92 Å². The monoisotopic (exact) mass is 299 g/mol. The van der Waals surface area contributed by atoms with E-state index in [0.717, 1.165) is 6.42 Å². The van der Waals surface area contributed by atoms with Crippen LogP contribution >= 0.6 is 0 Å². The van der Waals surface area contributed by atoms with Crippen LogP contribution in [0.25, 0.3) is 0 Å². The van der Waals surface area contributed by atoms with Crippen molar-refractivity contribution in [2.75, 3.05) is 25.0 Å². The molecule has 1 aliphatic rings. The third kappa shape index (κ3) is 3.68. The maximum atomic E-state index is 12.2. The molecule has 0 bridgehead atoms. The van der Waals surface area contributed by atoms with Gasteiger partial charge < -0.3 is 10.1 Å². The fourth-order valence-electron chi connectivity index (χ4n) is 2.20. The first-order valence-electron chi connectivity index (χ1n) is 6.84. The van der Waals surface area contributed by atoms with E-state index in [1.54, 1.807) is 6.07 Å². The van der Waals surface area contributed by atoms with Crippen molar-refractivity contribution in [3.8, 4) is 0 Å². The summed E-state index contributed by atoms with van der Waals surface area (Å²) < 4.78 is 32.6. The van der Waals surface area contributed by atoms with Crippen LogP contribution in [0.3, 0.4) is 0 Å². The number of anilines is 1. The van der Waals surface area contributed by atoms with Gasteiger partial charge in [-0.15, -0.1) is 0 Å². The van der Waals surface area contributed by atoms with Crippen LogP contribution in [0.15, 0.2) is 23.2 Å². The van der Waals surface area contributed by atoms with Crippen LogP contribution in [-0.2, 0) is 14.8 Å². The van der Waals surface area contributed by atoms with Crippen molar-refractivity contribution in [3.05, 3.63) is 18.3 Å². The predicted molar refractivity (Wildman–Crippen MR) is 77.1 cm³/mol. The highest BCUT2D eigenvalue weighted by molar-refractivity contribution is 7.89. The van der Waals surface area contributed by atoms with Gasteiger partial charge >= 0.3 is 0 Å². The van der Waals surface area contributed by atoms with Crippen LogP contribution in [0.5, 0.6) is 0 Å². The maximum absolute atomic E-state index is 12.2. The summed E-state index contributed by atoms with van der Waals surface area (Å²) in [7, 11) is -3.50. The number of nitrogens with zero attached hydrogens (tertiary/aromatic N) is 1. The largest absolute Gasteiger partial charge is 0.378 e. The van der Waals surface area contributed by atoms with Crippen LogP contribution in [0.4, 0.5) is 5.82 Å². The summed E-state index contributed by atoms with van der Waals surface area (Å²) in [6, 6.07) is 3.04.